The van der Waals surface area contributed by atoms with E-state index in [2.05, 4.69) is 34.3 Å². The van der Waals surface area contributed by atoms with Gasteiger partial charge in [0.2, 0.25) is 0 Å². The van der Waals surface area contributed by atoms with Crippen LogP contribution in [0.5, 0.6) is 0 Å². The molecule has 0 fully saturated rings. The summed E-state index contributed by atoms with van der Waals surface area (Å²) >= 11 is 0. The standard InChI is InChI=1S/C7H17N.C3H4O2/c1-5-6(2)7(3,4)8;1-2-3(4)5/h6H,5,8H2,1-4H3;2H,1H2,(H,4,5). The highest BCUT2D eigenvalue weighted by atomic mass is 16.4. The smallest absolute Gasteiger partial charge is 0.327 e. The van der Waals surface area contributed by atoms with Crippen LogP contribution in [0.2, 0.25) is 0 Å². The average Bonchev–Trinajstić information content (AvgIpc) is 2.02. The van der Waals surface area contributed by atoms with Crippen molar-refractivity contribution in [1.82, 2.24) is 0 Å². The van der Waals surface area contributed by atoms with Gasteiger partial charge in [-0.15, -0.1) is 0 Å². The summed E-state index contributed by atoms with van der Waals surface area (Å²) in [6.45, 7) is 11.4. The molecule has 3 N–H and O–H groups in total. The van der Waals surface area contributed by atoms with Crippen LogP contribution in [-0.2, 0) is 4.79 Å². The van der Waals surface area contributed by atoms with Crippen LogP contribution in [0.1, 0.15) is 34.1 Å². The summed E-state index contributed by atoms with van der Waals surface area (Å²) in [6, 6.07) is 0. The van der Waals surface area contributed by atoms with Gasteiger partial charge in [0.25, 0.3) is 0 Å². The lowest BCUT2D eigenvalue weighted by Gasteiger charge is -2.25. The Morgan fingerprint density at radius 1 is 1.69 bits per heavy atom. The van der Waals surface area contributed by atoms with Crippen LogP contribution in [0.15, 0.2) is 12.7 Å². The number of carbonyl (C=O) groups is 1. The van der Waals surface area contributed by atoms with Crippen molar-refractivity contribution in [3.8, 4) is 0 Å². The number of carboxylic acid groups (broad SMARTS) is 1. The summed E-state index contributed by atoms with van der Waals surface area (Å²) < 4.78 is 0. The summed E-state index contributed by atoms with van der Waals surface area (Å²) in [4.78, 5) is 9.25. The molecule has 0 heterocycles. The molecule has 0 aromatic carbocycles. The maximum absolute atomic E-state index is 9.25. The molecule has 1 atom stereocenters. The van der Waals surface area contributed by atoms with Crippen molar-refractivity contribution in [2.75, 3.05) is 0 Å². The van der Waals surface area contributed by atoms with Gasteiger partial charge in [0.1, 0.15) is 0 Å². The first-order valence-electron chi connectivity index (χ1n) is 4.39. The lowest BCUT2D eigenvalue weighted by Crippen LogP contribution is -2.38. The van der Waals surface area contributed by atoms with Crippen molar-refractivity contribution < 1.29 is 9.90 Å². The number of carboxylic acids is 1. The molecule has 78 valence electrons. The number of rotatable bonds is 3. The quantitative estimate of drug-likeness (QED) is 0.664. The zero-order chi connectivity index (χ0) is 11.1. The highest BCUT2D eigenvalue weighted by Gasteiger charge is 2.17. The van der Waals surface area contributed by atoms with Gasteiger partial charge < -0.3 is 10.8 Å². The SMILES string of the molecule is C=CC(=O)O.CCC(C)C(C)(C)N. The molecular weight excluding hydrogens is 166 g/mol. The van der Waals surface area contributed by atoms with Gasteiger partial charge in [-0.3, -0.25) is 0 Å². The van der Waals surface area contributed by atoms with E-state index in [0.29, 0.717) is 5.92 Å². The topological polar surface area (TPSA) is 63.3 Å². The lowest BCUT2D eigenvalue weighted by molar-refractivity contribution is -0.131. The van der Waals surface area contributed by atoms with Gasteiger partial charge in [0.15, 0.2) is 0 Å². The van der Waals surface area contributed by atoms with Gasteiger partial charge in [-0.1, -0.05) is 26.8 Å². The molecule has 1 unspecified atom stereocenters. The van der Waals surface area contributed by atoms with Crippen LogP contribution in [0.3, 0.4) is 0 Å². The Hall–Kier alpha value is -0.830. The summed E-state index contributed by atoms with van der Waals surface area (Å²) in [7, 11) is 0. The predicted octanol–water partition coefficient (Wildman–Crippen LogP) is 2.03. The second-order valence-electron chi connectivity index (χ2n) is 3.67. The van der Waals surface area contributed by atoms with Crippen molar-refractivity contribution in [3.05, 3.63) is 12.7 Å². The summed E-state index contributed by atoms with van der Waals surface area (Å²) in [5, 5.41) is 7.60. The molecule has 0 saturated heterocycles. The highest BCUT2D eigenvalue weighted by molar-refractivity contribution is 5.78. The molecule has 0 rings (SSSR count). The first kappa shape index (κ1) is 14.7. The summed E-state index contributed by atoms with van der Waals surface area (Å²) in [6.07, 6.45) is 2.00. The van der Waals surface area contributed by atoms with Crippen molar-refractivity contribution in [1.29, 1.82) is 0 Å². The average molecular weight is 187 g/mol. The Bertz CT molecular complexity index is 159. The van der Waals surface area contributed by atoms with Crippen LogP contribution in [0.4, 0.5) is 0 Å². The minimum Gasteiger partial charge on any atom is -0.478 e. The number of aliphatic carboxylic acids is 1. The molecule has 0 spiro atoms. The molecule has 0 aromatic rings. The van der Waals surface area contributed by atoms with E-state index in [4.69, 9.17) is 10.8 Å². The Balaban J connectivity index is 0. The zero-order valence-corrected chi connectivity index (χ0v) is 9.00. The maximum Gasteiger partial charge on any atom is 0.327 e. The van der Waals surface area contributed by atoms with Crippen molar-refractivity contribution in [2.45, 2.75) is 39.7 Å². The van der Waals surface area contributed by atoms with E-state index in [-0.39, 0.29) is 5.54 Å². The van der Waals surface area contributed by atoms with E-state index in [0.717, 1.165) is 6.08 Å². The van der Waals surface area contributed by atoms with Gasteiger partial charge in [0, 0.05) is 11.6 Å². The van der Waals surface area contributed by atoms with E-state index in [1.54, 1.807) is 0 Å². The Morgan fingerprint density at radius 3 is 2.00 bits per heavy atom. The van der Waals surface area contributed by atoms with E-state index < -0.39 is 5.97 Å². The van der Waals surface area contributed by atoms with Gasteiger partial charge in [-0.25, -0.2) is 4.79 Å². The molecule has 0 saturated carbocycles. The fraction of sp³-hybridized carbons (Fsp3) is 0.700. The predicted molar refractivity (Wildman–Crippen MR) is 55.6 cm³/mol. The van der Waals surface area contributed by atoms with Crippen molar-refractivity contribution in [3.63, 3.8) is 0 Å². The van der Waals surface area contributed by atoms with E-state index in [9.17, 15) is 4.79 Å². The monoisotopic (exact) mass is 187 g/mol. The molecule has 0 bridgehead atoms. The fourth-order valence-corrected chi connectivity index (χ4v) is 0.526. The molecule has 0 radical (unpaired) electrons. The van der Waals surface area contributed by atoms with Crippen LogP contribution in [0.25, 0.3) is 0 Å². The minimum absolute atomic E-state index is 0.00868. The molecule has 3 nitrogen and oxygen atoms in total. The van der Waals surface area contributed by atoms with Gasteiger partial charge in [-0.05, 0) is 19.8 Å². The molecule has 0 aliphatic carbocycles. The molecule has 0 aliphatic rings. The third-order valence-corrected chi connectivity index (χ3v) is 2.06. The Morgan fingerprint density at radius 2 is 2.00 bits per heavy atom. The number of nitrogens with two attached hydrogens (primary N) is 1. The van der Waals surface area contributed by atoms with E-state index in [1.807, 2.05) is 0 Å². The van der Waals surface area contributed by atoms with Crippen molar-refractivity contribution in [2.24, 2.45) is 11.7 Å². The molecular formula is C10H21NO2. The normalized spacial score (nSPS) is 12.4. The van der Waals surface area contributed by atoms with Crippen LogP contribution in [-0.4, -0.2) is 16.6 Å². The van der Waals surface area contributed by atoms with Gasteiger partial charge >= 0.3 is 5.97 Å². The maximum atomic E-state index is 9.25. The van der Waals surface area contributed by atoms with E-state index in [1.165, 1.54) is 6.42 Å². The third kappa shape index (κ3) is 11.2. The van der Waals surface area contributed by atoms with Gasteiger partial charge in [0.05, 0.1) is 0 Å². The largest absolute Gasteiger partial charge is 0.478 e. The van der Waals surface area contributed by atoms with Crippen LogP contribution < -0.4 is 5.73 Å². The molecule has 3 heteroatoms. The number of hydrogen-bond donors (Lipinski definition) is 2. The minimum atomic E-state index is -0.981. The van der Waals surface area contributed by atoms with E-state index >= 15 is 0 Å². The first-order valence-corrected chi connectivity index (χ1v) is 4.39. The summed E-state index contributed by atoms with van der Waals surface area (Å²) in [5.74, 6) is -0.354. The van der Waals surface area contributed by atoms with Crippen LogP contribution in [0, 0.1) is 5.92 Å². The van der Waals surface area contributed by atoms with Gasteiger partial charge in [-0.2, -0.15) is 0 Å². The molecule has 0 aromatic heterocycles. The lowest BCUT2D eigenvalue weighted by atomic mass is 9.88. The highest BCUT2D eigenvalue weighted by Crippen LogP contribution is 2.14. The second kappa shape index (κ2) is 6.66. The molecule has 0 aliphatic heterocycles. The Labute approximate surface area is 80.6 Å². The second-order valence-corrected chi connectivity index (χ2v) is 3.67. The first-order chi connectivity index (χ1) is 5.75. The molecule has 13 heavy (non-hydrogen) atoms. The Kier molecular flexibility index (Phi) is 7.52. The summed E-state index contributed by atoms with van der Waals surface area (Å²) in [5.41, 5.74) is 5.80. The zero-order valence-electron chi connectivity index (χ0n) is 9.00. The molecule has 0 amide bonds. The third-order valence-electron chi connectivity index (χ3n) is 2.06. The fourth-order valence-electron chi connectivity index (χ4n) is 0.526. The van der Waals surface area contributed by atoms with Crippen LogP contribution >= 0.6 is 0 Å². The van der Waals surface area contributed by atoms with Crippen molar-refractivity contribution >= 4 is 5.97 Å². The number of hydrogen-bond acceptors (Lipinski definition) is 2.